The molecule has 0 saturated heterocycles. The molecule has 0 fully saturated rings. The Hall–Kier alpha value is -2.88. The van der Waals surface area contributed by atoms with Crippen molar-refractivity contribution >= 4 is 34.2 Å². The second kappa shape index (κ2) is 12.8. The molecule has 0 spiro atoms. The van der Waals surface area contributed by atoms with Gasteiger partial charge < -0.3 is 10.4 Å². The molecule has 2 aromatic rings. The fraction of sp³-hybridized carbons (Fsp3) is 0.545. The van der Waals surface area contributed by atoms with E-state index in [1.165, 1.54) is 30.6 Å². The molecule has 2 aromatic heterocycles. The van der Waals surface area contributed by atoms with Gasteiger partial charge in [-0.2, -0.15) is 0 Å². The molecule has 0 radical (unpaired) electrons. The van der Waals surface area contributed by atoms with Crippen LogP contribution in [0.15, 0.2) is 18.7 Å². The van der Waals surface area contributed by atoms with Crippen LogP contribution in [0.4, 0.5) is 9.80 Å². The number of imidazole rings is 1. The van der Waals surface area contributed by atoms with Crippen LogP contribution in [-0.4, -0.2) is 45.8 Å². The molecule has 3 N–H and O–H groups in total. The predicted octanol–water partition coefficient (Wildman–Crippen LogP) is 4.62. The Morgan fingerprint density at radius 3 is 2.47 bits per heavy atom. The van der Waals surface area contributed by atoms with Crippen molar-refractivity contribution in [3.8, 4) is 0 Å². The van der Waals surface area contributed by atoms with Crippen LogP contribution in [0.25, 0.3) is 0 Å². The van der Waals surface area contributed by atoms with Gasteiger partial charge in [-0.05, 0) is 25.3 Å². The minimum absolute atomic E-state index is 0.0601. The Kier molecular flexibility index (Phi) is 10.2. The van der Waals surface area contributed by atoms with Gasteiger partial charge in [0.25, 0.3) is 5.91 Å². The number of thiophene rings is 1. The van der Waals surface area contributed by atoms with Gasteiger partial charge in [-0.15, -0.1) is 11.3 Å². The number of carbonyl (C=O) groups is 3. The van der Waals surface area contributed by atoms with Gasteiger partial charge in [-0.1, -0.05) is 46.0 Å². The highest BCUT2D eigenvalue weighted by Crippen LogP contribution is 2.34. The number of rotatable bonds is 13. The number of carbonyl (C=O) groups excluding carboxylic acids is 2. The van der Waals surface area contributed by atoms with Gasteiger partial charge in [-0.25, -0.2) is 24.3 Å². The number of anilines is 1. The lowest BCUT2D eigenvalue weighted by Gasteiger charge is -2.22. The lowest BCUT2D eigenvalue weighted by Crippen LogP contribution is -2.40. The highest BCUT2D eigenvalue weighted by Gasteiger charge is 2.28. The summed E-state index contributed by atoms with van der Waals surface area (Å²) < 4.78 is 1.58. The molecule has 10 heteroatoms. The number of nitrogens with zero attached hydrogens (tertiary/aromatic N) is 3. The van der Waals surface area contributed by atoms with Crippen LogP contribution in [0.5, 0.6) is 0 Å². The Morgan fingerprint density at radius 2 is 1.84 bits per heavy atom. The van der Waals surface area contributed by atoms with Gasteiger partial charge in [0.15, 0.2) is 0 Å². The zero-order chi connectivity index (χ0) is 23.5. The van der Waals surface area contributed by atoms with Crippen LogP contribution in [0.2, 0.25) is 0 Å². The van der Waals surface area contributed by atoms with E-state index in [0.717, 1.165) is 30.6 Å². The molecule has 0 bridgehead atoms. The standard InChI is InChI=1S/C22H33N5O4S/c1-4-6-7-8-9-10-11-24-22(31)25-19-17(21(29)30)16(3)18(32-19)20(28)27(13-5-2)26-14-12-23-15-26/h12,14-15H,4-11,13H2,1-3H3,(H,29,30)(H2,24,25,31). The third kappa shape index (κ3) is 6.81. The van der Waals surface area contributed by atoms with E-state index in [0.29, 0.717) is 25.1 Å². The van der Waals surface area contributed by atoms with E-state index in [4.69, 9.17) is 0 Å². The third-order valence-electron chi connectivity index (χ3n) is 5.04. The monoisotopic (exact) mass is 463 g/mol. The van der Waals surface area contributed by atoms with Crippen molar-refractivity contribution in [2.45, 2.75) is 65.7 Å². The summed E-state index contributed by atoms with van der Waals surface area (Å²) in [5.74, 6) is -1.52. The molecule has 0 aromatic carbocycles. The molecule has 2 heterocycles. The number of unbranched alkanes of at least 4 members (excludes halogenated alkanes) is 5. The third-order valence-corrected chi connectivity index (χ3v) is 6.23. The van der Waals surface area contributed by atoms with Gasteiger partial charge in [-0.3, -0.25) is 10.1 Å². The van der Waals surface area contributed by atoms with E-state index in [-0.39, 0.29) is 21.3 Å². The molecule has 2 rings (SSSR count). The fourth-order valence-corrected chi connectivity index (χ4v) is 4.50. The molecule has 0 saturated carbocycles. The summed E-state index contributed by atoms with van der Waals surface area (Å²) in [6.45, 7) is 6.66. The maximum absolute atomic E-state index is 13.2. The molecule has 0 aliphatic heterocycles. The molecule has 32 heavy (non-hydrogen) atoms. The lowest BCUT2D eigenvalue weighted by molar-refractivity contribution is 0.0697. The van der Waals surface area contributed by atoms with Crippen LogP contribution < -0.4 is 15.6 Å². The number of hydrogen-bond acceptors (Lipinski definition) is 5. The van der Waals surface area contributed by atoms with Crippen molar-refractivity contribution in [3.05, 3.63) is 34.7 Å². The summed E-state index contributed by atoms with van der Waals surface area (Å²) in [6.07, 6.45) is 12.1. The predicted molar refractivity (Wildman–Crippen MR) is 126 cm³/mol. The summed E-state index contributed by atoms with van der Waals surface area (Å²) >= 11 is 0.977. The molecule has 0 atom stereocenters. The number of carboxylic acid groups (broad SMARTS) is 1. The van der Waals surface area contributed by atoms with Crippen molar-refractivity contribution in [1.82, 2.24) is 15.0 Å². The first kappa shape index (κ1) is 25.4. The highest BCUT2D eigenvalue weighted by atomic mass is 32.1. The molecular formula is C22H33N5O4S. The lowest BCUT2D eigenvalue weighted by atomic mass is 10.1. The summed E-state index contributed by atoms with van der Waals surface area (Å²) in [4.78, 5) is 41.7. The van der Waals surface area contributed by atoms with E-state index in [2.05, 4.69) is 22.5 Å². The second-order valence-corrected chi connectivity index (χ2v) is 8.61. The first-order valence-electron chi connectivity index (χ1n) is 11.1. The number of urea groups is 1. The molecule has 3 amide bonds. The second-order valence-electron chi connectivity index (χ2n) is 7.59. The Morgan fingerprint density at radius 1 is 1.12 bits per heavy atom. The maximum Gasteiger partial charge on any atom is 0.339 e. The molecule has 9 nitrogen and oxygen atoms in total. The van der Waals surface area contributed by atoms with Crippen molar-refractivity contribution in [3.63, 3.8) is 0 Å². The Labute approximate surface area is 192 Å². The average Bonchev–Trinajstić information content (AvgIpc) is 3.39. The van der Waals surface area contributed by atoms with Crippen molar-refractivity contribution in [2.75, 3.05) is 23.4 Å². The number of aromatic nitrogens is 2. The van der Waals surface area contributed by atoms with Crippen LogP contribution in [0, 0.1) is 6.92 Å². The highest BCUT2D eigenvalue weighted by molar-refractivity contribution is 7.18. The van der Waals surface area contributed by atoms with E-state index >= 15 is 0 Å². The topological polar surface area (TPSA) is 117 Å². The largest absolute Gasteiger partial charge is 0.478 e. The van der Waals surface area contributed by atoms with Gasteiger partial charge in [0.1, 0.15) is 11.3 Å². The summed E-state index contributed by atoms with van der Waals surface area (Å²) in [6, 6.07) is -0.471. The van der Waals surface area contributed by atoms with Gasteiger partial charge >= 0.3 is 12.0 Å². The summed E-state index contributed by atoms with van der Waals surface area (Å²) in [7, 11) is 0. The van der Waals surface area contributed by atoms with Gasteiger partial charge in [0.05, 0.1) is 10.4 Å². The van der Waals surface area contributed by atoms with E-state index in [1.54, 1.807) is 24.0 Å². The summed E-state index contributed by atoms with van der Waals surface area (Å²) in [5, 5.41) is 16.7. The van der Waals surface area contributed by atoms with Crippen molar-refractivity contribution in [1.29, 1.82) is 0 Å². The normalized spacial score (nSPS) is 10.7. The Bertz CT molecular complexity index is 895. The zero-order valence-corrected chi connectivity index (χ0v) is 19.8. The maximum atomic E-state index is 13.2. The van der Waals surface area contributed by atoms with Gasteiger partial charge in [0.2, 0.25) is 0 Å². The molecule has 0 aliphatic rings. The quantitative estimate of drug-likeness (QED) is 0.375. The minimum Gasteiger partial charge on any atom is -0.478 e. The van der Waals surface area contributed by atoms with Crippen LogP contribution in [0.1, 0.15) is 84.4 Å². The van der Waals surface area contributed by atoms with Crippen LogP contribution in [0.3, 0.4) is 0 Å². The summed E-state index contributed by atoms with van der Waals surface area (Å²) in [5.41, 5.74) is 0.273. The molecular weight excluding hydrogens is 430 g/mol. The van der Waals surface area contributed by atoms with Crippen molar-refractivity contribution in [2.24, 2.45) is 0 Å². The molecule has 0 aliphatic carbocycles. The molecule has 0 unspecified atom stereocenters. The van der Waals surface area contributed by atoms with E-state index in [1.807, 2.05) is 6.92 Å². The zero-order valence-electron chi connectivity index (χ0n) is 19.0. The van der Waals surface area contributed by atoms with E-state index < -0.39 is 12.0 Å². The number of carboxylic acids is 1. The SMILES string of the molecule is CCCCCCCCNC(=O)Nc1sc(C(=O)N(CCC)n2ccnc2)c(C)c1C(=O)O. The van der Waals surface area contributed by atoms with Crippen LogP contribution >= 0.6 is 11.3 Å². The first-order valence-corrected chi connectivity index (χ1v) is 11.9. The van der Waals surface area contributed by atoms with E-state index in [9.17, 15) is 19.5 Å². The first-order chi connectivity index (χ1) is 15.4. The van der Waals surface area contributed by atoms with Crippen molar-refractivity contribution < 1.29 is 19.5 Å². The average molecular weight is 464 g/mol. The minimum atomic E-state index is -1.19. The Balaban J connectivity index is 2.09. The van der Waals surface area contributed by atoms with Crippen LogP contribution in [-0.2, 0) is 0 Å². The molecule has 176 valence electrons. The number of amides is 3. The fourth-order valence-electron chi connectivity index (χ4n) is 3.36. The number of aromatic carboxylic acids is 1. The van der Waals surface area contributed by atoms with Gasteiger partial charge in [0, 0.05) is 25.5 Å². The number of hydrogen-bond donors (Lipinski definition) is 3. The smallest absolute Gasteiger partial charge is 0.339 e. The number of nitrogens with one attached hydrogen (secondary N) is 2.